The molecule has 11 aromatic carbocycles. The second kappa shape index (κ2) is 22.7. The molecule has 0 N–H and O–H groups in total. The quantitative estimate of drug-likeness (QED) is 0.116. The number of fused-ring (bicyclic) bond motifs is 6. The van der Waals surface area contributed by atoms with Gasteiger partial charge in [0.2, 0.25) is 0 Å². The molecule has 0 spiro atoms. The van der Waals surface area contributed by atoms with Crippen LogP contribution in [0.25, 0.3) is 169 Å². The first-order valence-electron chi connectivity index (χ1n) is 30.4. The van der Waals surface area contributed by atoms with Crippen LogP contribution < -0.4 is 0 Å². The SMILES string of the molecule is c1ccc(-c2nc(-c3ccccc3)nc(-c3ccc(-n4c5ccccc5c5cc(-c6nc(-c7ccccc7)nc(-c7ccccc7)n6)ccc54)c(-c4cc(-n5c6ccccc6c6cc(-c7nc(-c8ccccc8)nc(-c8ccccc8)n7)ccc65)ccn4)c3)n2)cc1. The van der Waals surface area contributed by atoms with Crippen molar-refractivity contribution in [2.45, 2.75) is 0 Å². The fourth-order valence-corrected chi connectivity index (χ4v) is 12.4. The number of para-hydroxylation sites is 2. The van der Waals surface area contributed by atoms with Gasteiger partial charge in [-0.25, -0.2) is 44.9 Å². The van der Waals surface area contributed by atoms with Crippen LogP contribution in [0.3, 0.4) is 0 Å². The summed E-state index contributed by atoms with van der Waals surface area (Å²) in [4.78, 5) is 51.3. The molecular formula is C80H50N12. The Morgan fingerprint density at radius 3 is 0.880 bits per heavy atom. The smallest absolute Gasteiger partial charge is 0.164 e. The molecule has 0 radical (unpaired) electrons. The molecule has 430 valence electrons. The van der Waals surface area contributed by atoms with Gasteiger partial charge in [0, 0.05) is 89.1 Å². The largest absolute Gasteiger partial charge is 0.309 e. The Bertz CT molecular complexity index is 5450. The maximum absolute atomic E-state index is 5.29. The molecule has 0 bridgehead atoms. The number of rotatable bonds is 12. The third-order valence-electron chi connectivity index (χ3n) is 16.7. The van der Waals surface area contributed by atoms with Gasteiger partial charge in [-0.1, -0.05) is 218 Å². The Kier molecular flexibility index (Phi) is 13.2. The van der Waals surface area contributed by atoms with E-state index in [1.807, 2.05) is 188 Å². The van der Waals surface area contributed by atoms with Gasteiger partial charge < -0.3 is 9.13 Å². The lowest BCUT2D eigenvalue weighted by Crippen LogP contribution is -2.03. The maximum atomic E-state index is 5.29. The van der Waals surface area contributed by atoms with Gasteiger partial charge in [0.05, 0.1) is 33.4 Å². The Hall–Kier alpha value is -12.8. The number of pyridine rings is 1. The molecule has 6 heterocycles. The van der Waals surface area contributed by atoms with E-state index in [4.69, 9.17) is 49.8 Å². The number of hydrogen-bond acceptors (Lipinski definition) is 10. The van der Waals surface area contributed by atoms with Gasteiger partial charge in [0.25, 0.3) is 0 Å². The maximum Gasteiger partial charge on any atom is 0.164 e. The molecule has 0 unspecified atom stereocenters. The van der Waals surface area contributed by atoms with E-state index in [9.17, 15) is 0 Å². The monoisotopic (exact) mass is 1180 g/mol. The molecule has 17 rings (SSSR count). The summed E-state index contributed by atoms with van der Waals surface area (Å²) in [6.45, 7) is 0. The van der Waals surface area contributed by atoms with Gasteiger partial charge >= 0.3 is 0 Å². The van der Waals surface area contributed by atoms with Crippen LogP contribution in [0, 0.1) is 0 Å². The van der Waals surface area contributed by atoms with E-state index < -0.39 is 0 Å². The van der Waals surface area contributed by atoms with Gasteiger partial charge in [-0.2, -0.15) is 0 Å². The van der Waals surface area contributed by atoms with Crippen molar-refractivity contribution in [1.29, 1.82) is 0 Å². The summed E-state index contributed by atoms with van der Waals surface area (Å²) < 4.78 is 4.66. The summed E-state index contributed by atoms with van der Waals surface area (Å²) in [6, 6.07) is 101. The first-order valence-corrected chi connectivity index (χ1v) is 30.4. The molecule has 0 saturated carbocycles. The van der Waals surface area contributed by atoms with E-state index in [0.29, 0.717) is 52.4 Å². The van der Waals surface area contributed by atoms with Gasteiger partial charge in [0.1, 0.15) is 0 Å². The second-order valence-electron chi connectivity index (χ2n) is 22.4. The lowest BCUT2D eigenvalue weighted by Gasteiger charge is -2.17. The zero-order chi connectivity index (χ0) is 60.9. The number of nitrogens with zero attached hydrogens (tertiary/aromatic N) is 12. The average Bonchev–Trinajstić information content (AvgIpc) is 1.64. The molecular weight excluding hydrogens is 1130 g/mol. The first kappa shape index (κ1) is 53.4. The highest BCUT2D eigenvalue weighted by atomic mass is 15.1. The van der Waals surface area contributed by atoms with Gasteiger partial charge in [-0.3, -0.25) is 4.98 Å². The first-order chi connectivity index (χ1) is 45.6. The Morgan fingerprint density at radius 1 is 0.207 bits per heavy atom. The molecule has 0 atom stereocenters. The number of benzene rings is 11. The van der Waals surface area contributed by atoms with Crippen molar-refractivity contribution < 1.29 is 0 Å². The molecule has 0 aliphatic heterocycles. The molecule has 0 aliphatic rings. The van der Waals surface area contributed by atoms with Crippen LogP contribution in [0.5, 0.6) is 0 Å². The molecule has 0 saturated heterocycles. The van der Waals surface area contributed by atoms with E-state index in [0.717, 1.165) is 116 Å². The zero-order valence-electron chi connectivity index (χ0n) is 49.2. The van der Waals surface area contributed by atoms with E-state index in [1.54, 1.807) is 0 Å². The van der Waals surface area contributed by atoms with Crippen molar-refractivity contribution in [1.82, 2.24) is 59.0 Å². The normalized spacial score (nSPS) is 11.5. The van der Waals surface area contributed by atoms with E-state index >= 15 is 0 Å². The predicted octanol–water partition coefficient (Wildman–Crippen LogP) is 18.5. The van der Waals surface area contributed by atoms with Gasteiger partial charge in [0.15, 0.2) is 52.4 Å². The highest BCUT2D eigenvalue weighted by Crippen LogP contribution is 2.42. The van der Waals surface area contributed by atoms with Gasteiger partial charge in [-0.15, -0.1) is 0 Å². The fourth-order valence-electron chi connectivity index (χ4n) is 12.4. The molecule has 17 aromatic rings. The van der Waals surface area contributed by atoms with Crippen LogP contribution >= 0.6 is 0 Å². The lowest BCUT2D eigenvalue weighted by atomic mass is 10.0. The Labute approximate surface area is 528 Å². The van der Waals surface area contributed by atoms with Crippen molar-refractivity contribution in [2.24, 2.45) is 0 Å². The third-order valence-corrected chi connectivity index (χ3v) is 16.7. The van der Waals surface area contributed by atoms with E-state index in [2.05, 4.69) is 124 Å². The summed E-state index contributed by atoms with van der Waals surface area (Å²) in [6.07, 6.45) is 1.90. The fraction of sp³-hybridized carbons (Fsp3) is 0. The van der Waals surface area contributed by atoms with Crippen LogP contribution in [0.1, 0.15) is 0 Å². The van der Waals surface area contributed by atoms with Crippen LogP contribution in [-0.2, 0) is 0 Å². The zero-order valence-corrected chi connectivity index (χ0v) is 49.2. The summed E-state index contributed by atoms with van der Waals surface area (Å²) in [5.74, 6) is 5.24. The van der Waals surface area contributed by atoms with Crippen molar-refractivity contribution in [2.75, 3.05) is 0 Å². The third kappa shape index (κ3) is 9.77. The summed E-state index contributed by atoms with van der Waals surface area (Å²) in [5.41, 5.74) is 15.4. The average molecular weight is 1180 g/mol. The molecule has 12 nitrogen and oxygen atoms in total. The minimum Gasteiger partial charge on any atom is -0.309 e. The standard InChI is InChI=1S/C80H50N12/c1-7-23-51(24-8-1)72-82-73(52-25-9-2-10-26-52)86-78(85-72)57-39-42-69-63(47-57)61-35-19-21-37-67(61)91(69)60-45-46-81-66(50-60)65-49-59(80-89-76(55-31-15-5-16-32-55)84-77(90-80)56-33-17-6-18-34-56)41-44-71(65)92-68-38-22-20-36-62(68)64-48-58(40-43-70(64)92)79-87-74(53-27-11-3-12-28-53)83-75(88-79)54-29-13-4-14-30-54/h1-50H. The summed E-state index contributed by atoms with van der Waals surface area (Å²) in [5, 5.41) is 4.23. The topological polar surface area (TPSA) is 139 Å². The highest BCUT2D eigenvalue weighted by Gasteiger charge is 2.23. The van der Waals surface area contributed by atoms with Gasteiger partial charge in [-0.05, 0) is 78.9 Å². The minimum atomic E-state index is 0.527. The Balaban J connectivity index is 0.854. The molecule has 0 aliphatic carbocycles. The van der Waals surface area contributed by atoms with Crippen molar-refractivity contribution in [3.8, 4) is 125 Å². The van der Waals surface area contributed by atoms with Crippen LogP contribution in [0.2, 0.25) is 0 Å². The van der Waals surface area contributed by atoms with Crippen molar-refractivity contribution in [3.63, 3.8) is 0 Å². The lowest BCUT2D eigenvalue weighted by molar-refractivity contribution is 1.07. The minimum absolute atomic E-state index is 0.527. The molecule has 92 heavy (non-hydrogen) atoms. The Morgan fingerprint density at radius 2 is 0.500 bits per heavy atom. The molecule has 6 aromatic heterocycles. The highest BCUT2D eigenvalue weighted by molar-refractivity contribution is 6.12. The van der Waals surface area contributed by atoms with Crippen molar-refractivity contribution >= 4 is 43.6 Å². The molecule has 0 fully saturated rings. The van der Waals surface area contributed by atoms with Crippen molar-refractivity contribution in [3.05, 3.63) is 303 Å². The van der Waals surface area contributed by atoms with E-state index in [-0.39, 0.29) is 0 Å². The van der Waals surface area contributed by atoms with Crippen LogP contribution in [0.15, 0.2) is 303 Å². The summed E-state index contributed by atoms with van der Waals surface area (Å²) >= 11 is 0. The summed E-state index contributed by atoms with van der Waals surface area (Å²) in [7, 11) is 0. The molecule has 12 heteroatoms. The second-order valence-corrected chi connectivity index (χ2v) is 22.4. The van der Waals surface area contributed by atoms with E-state index in [1.165, 1.54) is 0 Å². The predicted molar refractivity (Wildman–Crippen MR) is 367 cm³/mol. The number of hydrogen-bond donors (Lipinski definition) is 0. The number of aromatic nitrogens is 12. The van der Waals surface area contributed by atoms with Crippen LogP contribution in [-0.4, -0.2) is 59.0 Å². The van der Waals surface area contributed by atoms with Crippen LogP contribution in [0.4, 0.5) is 0 Å². The molecule has 0 amide bonds.